The first-order chi connectivity index (χ1) is 15.2. The Morgan fingerprint density at radius 3 is 2.81 bits per heavy atom. The van der Waals surface area contributed by atoms with Crippen LogP contribution in [-0.2, 0) is 13.1 Å². The van der Waals surface area contributed by atoms with E-state index in [0.717, 1.165) is 47.7 Å². The minimum atomic E-state index is 0. The lowest BCUT2D eigenvalue weighted by atomic mass is 10.1. The van der Waals surface area contributed by atoms with E-state index in [2.05, 4.69) is 52.6 Å². The van der Waals surface area contributed by atoms with Crippen LogP contribution in [0.2, 0.25) is 0 Å². The molecule has 2 N–H and O–H groups in total. The van der Waals surface area contributed by atoms with Gasteiger partial charge in [0.2, 0.25) is 0 Å². The summed E-state index contributed by atoms with van der Waals surface area (Å²) in [5, 5.41) is 6.76. The highest BCUT2D eigenvalue weighted by molar-refractivity contribution is 14.0. The molecule has 7 nitrogen and oxygen atoms in total. The number of nitrogens with zero attached hydrogens (tertiary/aromatic N) is 4. The molecule has 0 amide bonds. The Bertz CT molecular complexity index is 1020. The number of rotatable bonds is 9. The zero-order valence-electron chi connectivity index (χ0n) is 18.6. The maximum atomic E-state index is 6.10. The second-order valence-electron chi connectivity index (χ2n) is 7.91. The zero-order chi connectivity index (χ0) is 21.5. The summed E-state index contributed by atoms with van der Waals surface area (Å²) in [4.78, 5) is 13.2. The van der Waals surface area contributed by atoms with Gasteiger partial charge >= 0.3 is 0 Å². The highest BCUT2D eigenvalue weighted by atomic mass is 127. The SMILES string of the molecule is CCNC(=NCc1ccnc(-n2ccnc2)c1)NCc1ccc(C)cc1OCC1CC1.I. The Hall–Kier alpha value is -2.62. The number of nitrogens with one attached hydrogen (secondary N) is 2. The third-order valence-corrected chi connectivity index (χ3v) is 5.18. The predicted octanol–water partition coefficient (Wildman–Crippen LogP) is 4.24. The van der Waals surface area contributed by atoms with Crippen molar-refractivity contribution in [1.82, 2.24) is 25.2 Å². The van der Waals surface area contributed by atoms with Gasteiger partial charge in [0, 0.05) is 37.2 Å². The molecule has 1 aromatic carbocycles. The van der Waals surface area contributed by atoms with Gasteiger partial charge in [-0.25, -0.2) is 15.0 Å². The highest BCUT2D eigenvalue weighted by Gasteiger charge is 2.22. The molecule has 1 fully saturated rings. The molecule has 4 rings (SSSR count). The lowest BCUT2D eigenvalue weighted by Crippen LogP contribution is -2.36. The lowest BCUT2D eigenvalue weighted by Gasteiger charge is -2.15. The van der Waals surface area contributed by atoms with Gasteiger partial charge in [-0.05, 0) is 61.9 Å². The summed E-state index contributed by atoms with van der Waals surface area (Å²) in [6.07, 6.45) is 9.74. The van der Waals surface area contributed by atoms with Crippen molar-refractivity contribution < 1.29 is 4.74 Å². The molecule has 0 aliphatic heterocycles. The molecule has 8 heteroatoms. The Morgan fingerprint density at radius 2 is 2.06 bits per heavy atom. The largest absolute Gasteiger partial charge is 0.493 e. The van der Waals surface area contributed by atoms with Gasteiger partial charge in [0.1, 0.15) is 17.9 Å². The molecule has 3 aromatic rings. The van der Waals surface area contributed by atoms with Crippen molar-refractivity contribution in [1.29, 1.82) is 0 Å². The number of ether oxygens (including phenoxy) is 1. The van der Waals surface area contributed by atoms with Crippen LogP contribution < -0.4 is 15.4 Å². The molecule has 1 aliphatic carbocycles. The summed E-state index contributed by atoms with van der Waals surface area (Å²) in [6.45, 7) is 6.98. The van der Waals surface area contributed by atoms with E-state index in [1.165, 1.54) is 18.4 Å². The topological polar surface area (TPSA) is 76.4 Å². The van der Waals surface area contributed by atoms with Crippen molar-refractivity contribution in [2.24, 2.45) is 10.9 Å². The number of aryl methyl sites for hydroxylation is 1. The third kappa shape index (κ3) is 6.94. The van der Waals surface area contributed by atoms with Crippen molar-refractivity contribution in [3.8, 4) is 11.6 Å². The molecule has 0 spiro atoms. The molecule has 2 heterocycles. The van der Waals surface area contributed by atoms with Crippen molar-refractivity contribution in [3.05, 3.63) is 71.9 Å². The van der Waals surface area contributed by atoms with Crippen molar-refractivity contribution >= 4 is 29.9 Å². The molecule has 2 aromatic heterocycles. The standard InChI is InChI=1S/C24H30N6O.HI/c1-3-26-24(28-14-20-8-9-27-23(13-20)30-11-10-25-17-30)29-15-21-7-4-18(2)12-22(21)31-16-19-5-6-19;/h4,7-13,17,19H,3,5-6,14-16H2,1-2H3,(H2,26,28,29);1H. The van der Waals surface area contributed by atoms with Gasteiger partial charge in [0.25, 0.3) is 0 Å². The minimum absolute atomic E-state index is 0. The fraction of sp³-hybridized carbons (Fsp3) is 0.375. The second-order valence-corrected chi connectivity index (χ2v) is 7.91. The number of guanidine groups is 1. The van der Waals surface area contributed by atoms with Gasteiger partial charge in [0.15, 0.2) is 5.96 Å². The van der Waals surface area contributed by atoms with Gasteiger partial charge in [-0.1, -0.05) is 12.1 Å². The minimum Gasteiger partial charge on any atom is -0.493 e. The van der Waals surface area contributed by atoms with Crippen LogP contribution in [0.15, 0.2) is 60.2 Å². The molecule has 1 saturated carbocycles. The fourth-order valence-electron chi connectivity index (χ4n) is 3.22. The number of hydrogen-bond donors (Lipinski definition) is 2. The number of aliphatic imine (C=N–C) groups is 1. The molecule has 0 atom stereocenters. The summed E-state index contributed by atoms with van der Waals surface area (Å²) in [7, 11) is 0. The van der Waals surface area contributed by atoms with E-state index < -0.39 is 0 Å². The normalized spacial score (nSPS) is 13.4. The van der Waals surface area contributed by atoms with Gasteiger partial charge in [0.05, 0.1) is 13.2 Å². The Kier molecular flexibility index (Phi) is 8.90. The highest BCUT2D eigenvalue weighted by Crippen LogP contribution is 2.30. The van der Waals surface area contributed by atoms with Crippen molar-refractivity contribution in [3.63, 3.8) is 0 Å². The first-order valence-corrected chi connectivity index (χ1v) is 10.9. The van der Waals surface area contributed by atoms with Crippen LogP contribution in [0.25, 0.3) is 5.82 Å². The first kappa shape index (κ1) is 24.0. The molecule has 0 radical (unpaired) electrons. The molecular formula is C24H31IN6O. The van der Waals surface area contributed by atoms with E-state index in [9.17, 15) is 0 Å². The van der Waals surface area contributed by atoms with Crippen LogP contribution in [0.4, 0.5) is 0 Å². The lowest BCUT2D eigenvalue weighted by molar-refractivity contribution is 0.296. The molecule has 170 valence electrons. The van der Waals surface area contributed by atoms with E-state index in [1.807, 2.05) is 22.9 Å². The molecule has 0 unspecified atom stereocenters. The Balaban J connectivity index is 0.00000289. The van der Waals surface area contributed by atoms with E-state index in [0.29, 0.717) is 13.1 Å². The number of aromatic nitrogens is 3. The Labute approximate surface area is 206 Å². The maximum Gasteiger partial charge on any atom is 0.191 e. The van der Waals surface area contributed by atoms with Gasteiger partial charge in [-0.15, -0.1) is 24.0 Å². The zero-order valence-corrected chi connectivity index (χ0v) is 21.0. The molecule has 1 aliphatic rings. The molecular weight excluding hydrogens is 515 g/mol. The van der Waals surface area contributed by atoms with Crippen molar-refractivity contribution in [2.75, 3.05) is 13.2 Å². The third-order valence-electron chi connectivity index (χ3n) is 5.18. The van der Waals surface area contributed by atoms with Crippen LogP contribution >= 0.6 is 24.0 Å². The molecule has 0 bridgehead atoms. The molecule has 0 saturated heterocycles. The van der Waals surface area contributed by atoms with Crippen LogP contribution in [0.3, 0.4) is 0 Å². The van der Waals surface area contributed by atoms with E-state index >= 15 is 0 Å². The van der Waals surface area contributed by atoms with Crippen LogP contribution in [0, 0.1) is 12.8 Å². The van der Waals surface area contributed by atoms with Gasteiger partial charge in [-0.2, -0.15) is 0 Å². The quantitative estimate of drug-likeness (QED) is 0.239. The van der Waals surface area contributed by atoms with Crippen LogP contribution in [0.1, 0.15) is 36.5 Å². The second kappa shape index (κ2) is 11.8. The van der Waals surface area contributed by atoms with E-state index in [-0.39, 0.29) is 24.0 Å². The smallest absolute Gasteiger partial charge is 0.191 e. The van der Waals surface area contributed by atoms with E-state index in [1.54, 1.807) is 18.7 Å². The summed E-state index contributed by atoms with van der Waals surface area (Å²) in [5.41, 5.74) is 3.43. The number of benzene rings is 1. The van der Waals surface area contributed by atoms with Gasteiger partial charge < -0.3 is 15.4 Å². The van der Waals surface area contributed by atoms with E-state index in [4.69, 9.17) is 9.73 Å². The maximum absolute atomic E-state index is 6.10. The summed E-state index contributed by atoms with van der Waals surface area (Å²) in [6, 6.07) is 10.4. The monoisotopic (exact) mass is 546 g/mol. The number of pyridine rings is 1. The average molecular weight is 546 g/mol. The Morgan fingerprint density at radius 1 is 1.19 bits per heavy atom. The number of hydrogen-bond acceptors (Lipinski definition) is 4. The van der Waals surface area contributed by atoms with Gasteiger partial charge in [-0.3, -0.25) is 4.57 Å². The number of imidazole rings is 1. The summed E-state index contributed by atoms with van der Waals surface area (Å²) in [5.74, 6) is 3.31. The average Bonchev–Trinajstić information content (AvgIpc) is 3.45. The summed E-state index contributed by atoms with van der Waals surface area (Å²) >= 11 is 0. The first-order valence-electron chi connectivity index (χ1n) is 10.9. The summed E-state index contributed by atoms with van der Waals surface area (Å²) < 4.78 is 7.98. The van der Waals surface area contributed by atoms with Crippen LogP contribution in [0.5, 0.6) is 5.75 Å². The van der Waals surface area contributed by atoms with Crippen molar-refractivity contribution in [2.45, 2.75) is 39.8 Å². The fourth-order valence-corrected chi connectivity index (χ4v) is 3.22. The molecule has 32 heavy (non-hydrogen) atoms. The predicted molar refractivity (Wildman–Crippen MR) is 138 cm³/mol. The number of halogens is 1. The van der Waals surface area contributed by atoms with Crippen LogP contribution in [-0.4, -0.2) is 33.6 Å².